The molecule has 19 heavy (non-hydrogen) atoms. The quantitative estimate of drug-likeness (QED) is 0.882. The average molecular weight is 261 g/mol. The molecule has 2 aromatic rings. The van der Waals surface area contributed by atoms with Gasteiger partial charge in [0.1, 0.15) is 5.82 Å². The van der Waals surface area contributed by atoms with Crippen molar-refractivity contribution < 1.29 is 5.11 Å². The van der Waals surface area contributed by atoms with E-state index in [-0.39, 0.29) is 18.2 Å². The molecule has 0 radical (unpaired) electrons. The van der Waals surface area contributed by atoms with Gasteiger partial charge in [0.2, 0.25) is 0 Å². The Hall–Kier alpha value is -1.72. The molecule has 1 aromatic carbocycles. The van der Waals surface area contributed by atoms with Crippen molar-refractivity contribution >= 4 is 10.9 Å². The molecule has 5 nitrogen and oxygen atoms in total. The Morgan fingerprint density at radius 2 is 2.11 bits per heavy atom. The van der Waals surface area contributed by atoms with Crippen LogP contribution in [0.25, 0.3) is 10.9 Å². The summed E-state index contributed by atoms with van der Waals surface area (Å²) in [5.74, 6) is 0.700. The Balaban J connectivity index is 2.44. The maximum atomic E-state index is 12.2. The number of rotatable bonds is 4. The maximum Gasteiger partial charge on any atom is 0.261 e. The summed E-state index contributed by atoms with van der Waals surface area (Å²) < 4.78 is 1.57. The molecule has 0 aliphatic heterocycles. The van der Waals surface area contributed by atoms with E-state index < -0.39 is 0 Å². The molecule has 1 unspecified atom stereocenters. The van der Waals surface area contributed by atoms with Crippen LogP contribution in [-0.2, 0) is 13.6 Å². The van der Waals surface area contributed by atoms with E-state index in [4.69, 9.17) is 5.11 Å². The zero-order valence-corrected chi connectivity index (χ0v) is 11.5. The van der Waals surface area contributed by atoms with Crippen LogP contribution in [0.2, 0.25) is 0 Å². The van der Waals surface area contributed by atoms with Gasteiger partial charge in [0.15, 0.2) is 0 Å². The number of nitrogens with zero attached hydrogens (tertiary/aromatic N) is 3. The zero-order chi connectivity index (χ0) is 14.0. The van der Waals surface area contributed by atoms with E-state index in [2.05, 4.69) is 4.98 Å². The summed E-state index contributed by atoms with van der Waals surface area (Å²) >= 11 is 0. The van der Waals surface area contributed by atoms with Gasteiger partial charge < -0.3 is 5.11 Å². The second kappa shape index (κ2) is 5.50. The number of likely N-dealkylation sites (N-methyl/N-ethyl adjacent to an activating group) is 1. The van der Waals surface area contributed by atoms with Crippen LogP contribution in [0.1, 0.15) is 12.7 Å². The van der Waals surface area contributed by atoms with Crippen molar-refractivity contribution in [2.24, 2.45) is 7.05 Å². The van der Waals surface area contributed by atoms with Crippen molar-refractivity contribution in [1.82, 2.24) is 14.5 Å². The molecular formula is C14H19N3O2. The molecule has 1 atom stereocenters. The van der Waals surface area contributed by atoms with Gasteiger partial charge in [-0.2, -0.15) is 0 Å². The van der Waals surface area contributed by atoms with Crippen LogP contribution in [0.3, 0.4) is 0 Å². The topological polar surface area (TPSA) is 58.4 Å². The lowest BCUT2D eigenvalue weighted by Gasteiger charge is -2.23. The standard InChI is InChI=1S/C14H19N3O2/c1-10(9-18)16(2)8-13-15-12-7-5-4-6-11(12)14(19)17(13)3/h4-7,10,18H,8-9H2,1-3H3. The molecule has 0 aliphatic carbocycles. The summed E-state index contributed by atoms with van der Waals surface area (Å²) in [5, 5.41) is 9.78. The number of aliphatic hydroxyl groups excluding tert-OH is 1. The number of hydrogen-bond acceptors (Lipinski definition) is 4. The summed E-state index contributed by atoms with van der Waals surface area (Å²) in [6.45, 7) is 2.54. The van der Waals surface area contributed by atoms with Gasteiger partial charge in [0.25, 0.3) is 5.56 Å². The first-order valence-electron chi connectivity index (χ1n) is 6.30. The molecule has 0 saturated heterocycles. The smallest absolute Gasteiger partial charge is 0.261 e. The summed E-state index contributed by atoms with van der Waals surface area (Å²) in [6.07, 6.45) is 0. The first-order chi connectivity index (χ1) is 9.04. The highest BCUT2D eigenvalue weighted by atomic mass is 16.3. The predicted molar refractivity (Wildman–Crippen MR) is 75.0 cm³/mol. The molecular weight excluding hydrogens is 242 g/mol. The number of benzene rings is 1. The van der Waals surface area contributed by atoms with Gasteiger partial charge in [0, 0.05) is 13.1 Å². The molecule has 0 saturated carbocycles. The largest absolute Gasteiger partial charge is 0.395 e. The first-order valence-corrected chi connectivity index (χ1v) is 6.30. The molecule has 5 heteroatoms. The zero-order valence-electron chi connectivity index (χ0n) is 11.5. The number of fused-ring (bicyclic) bond motifs is 1. The monoisotopic (exact) mass is 261 g/mol. The van der Waals surface area contributed by atoms with E-state index in [9.17, 15) is 4.79 Å². The number of aromatic nitrogens is 2. The highest BCUT2D eigenvalue weighted by Crippen LogP contribution is 2.09. The van der Waals surface area contributed by atoms with Crippen molar-refractivity contribution in [3.63, 3.8) is 0 Å². The van der Waals surface area contributed by atoms with Gasteiger partial charge in [-0.3, -0.25) is 14.3 Å². The highest BCUT2D eigenvalue weighted by molar-refractivity contribution is 5.77. The Bertz CT molecular complexity index is 636. The molecule has 0 fully saturated rings. The fourth-order valence-corrected chi connectivity index (χ4v) is 1.92. The number of para-hydroxylation sites is 1. The van der Waals surface area contributed by atoms with E-state index >= 15 is 0 Å². The SMILES string of the molecule is CC(CO)N(C)Cc1nc2ccccc2c(=O)n1C. The molecule has 1 aromatic heterocycles. The van der Waals surface area contributed by atoms with Crippen molar-refractivity contribution in [2.75, 3.05) is 13.7 Å². The third-order valence-electron chi connectivity index (χ3n) is 3.48. The molecule has 0 spiro atoms. The normalized spacial score (nSPS) is 13.1. The minimum absolute atomic E-state index is 0.0309. The van der Waals surface area contributed by atoms with E-state index in [1.807, 2.05) is 37.1 Å². The maximum absolute atomic E-state index is 12.2. The summed E-state index contributed by atoms with van der Waals surface area (Å²) in [7, 11) is 3.64. The second-order valence-electron chi connectivity index (χ2n) is 4.86. The summed E-state index contributed by atoms with van der Waals surface area (Å²) in [6, 6.07) is 7.37. The predicted octanol–water partition coefficient (Wildman–Crippen LogP) is 0.746. The third-order valence-corrected chi connectivity index (χ3v) is 3.48. The molecule has 102 valence electrons. The Kier molecular flexibility index (Phi) is 3.97. The van der Waals surface area contributed by atoms with Crippen molar-refractivity contribution in [2.45, 2.75) is 19.5 Å². The van der Waals surface area contributed by atoms with Crippen LogP contribution >= 0.6 is 0 Å². The molecule has 1 heterocycles. The molecule has 0 bridgehead atoms. The van der Waals surface area contributed by atoms with E-state index in [0.29, 0.717) is 23.3 Å². The van der Waals surface area contributed by atoms with Gasteiger partial charge in [-0.05, 0) is 26.1 Å². The van der Waals surface area contributed by atoms with Crippen LogP contribution in [0.15, 0.2) is 29.1 Å². The van der Waals surface area contributed by atoms with Gasteiger partial charge in [-0.25, -0.2) is 4.98 Å². The van der Waals surface area contributed by atoms with Gasteiger partial charge in [-0.1, -0.05) is 12.1 Å². The van der Waals surface area contributed by atoms with Crippen molar-refractivity contribution in [1.29, 1.82) is 0 Å². The van der Waals surface area contributed by atoms with E-state index in [1.54, 1.807) is 17.7 Å². The summed E-state index contributed by atoms with van der Waals surface area (Å²) in [4.78, 5) is 18.7. The van der Waals surface area contributed by atoms with Crippen LogP contribution in [0.4, 0.5) is 0 Å². The highest BCUT2D eigenvalue weighted by Gasteiger charge is 2.13. The molecule has 0 amide bonds. The number of aliphatic hydroxyl groups is 1. The second-order valence-corrected chi connectivity index (χ2v) is 4.86. The average Bonchev–Trinajstić information content (AvgIpc) is 2.43. The minimum Gasteiger partial charge on any atom is -0.395 e. The van der Waals surface area contributed by atoms with E-state index in [1.165, 1.54) is 0 Å². The lowest BCUT2D eigenvalue weighted by molar-refractivity contribution is 0.150. The van der Waals surface area contributed by atoms with Crippen LogP contribution in [0, 0.1) is 0 Å². The first kappa shape index (κ1) is 13.7. The van der Waals surface area contributed by atoms with Crippen LogP contribution in [-0.4, -0.2) is 39.3 Å². The Labute approximate surface area is 112 Å². The van der Waals surface area contributed by atoms with Crippen LogP contribution in [0.5, 0.6) is 0 Å². The van der Waals surface area contributed by atoms with Gasteiger partial charge in [-0.15, -0.1) is 0 Å². The van der Waals surface area contributed by atoms with Crippen molar-refractivity contribution in [3.05, 3.63) is 40.4 Å². The fraction of sp³-hybridized carbons (Fsp3) is 0.429. The molecule has 1 N–H and O–H groups in total. The Morgan fingerprint density at radius 3 is 2.79 bits per heavy atom. The number of hydrogen-bond donors (Lipinski definition) is 1. The minimum atomic E-state index is -0.0364. The van der Waals surface area contributed by atoms with E-state index in [0.717, 1.165) is 0 Å². The van der Waals surface area contributed by atoms with Crippen molar-refractivity contribution in [3.8, 4) is 0 Å². The van der Waals surface area contributed by atoms with Crippen LogP contribution < -0.4 is 5.56 Å². The third kappa shape index (κ3) is 2.67. The molecule has 0 aliphatic rings. The van der Waals surface area contributed by atoms with Gasteiger partial charge >= 0.3 is 0 Å². The lowest BCUT2D eigenvalue weighted by Crippen LogP contribution is -2.34. The Morgan fingerprint density at radius 1 is 1.42 bits per heavy atom. The summed E-state index contributed by atoms with van der Waals surface area (Å²) in [5.41, 5.74) is 0.677. The molecule has 2 rings (SSSR count). The fourth-order valence-electron chi connectivity index (χ4n) is 1.92. The van der Waals surface area contributed by atoms with Gasteiger partial charge in [0.05, 0.1) is 24.1 Å². The lowest BCUT2D eigenvalue weighted by atomic mass is 10.2.